The van der Waals surface area contributed by atoms with E-state index in [-0.39, 0.29) is 30.0 Å². The van der Waals surface area contributed by atoms with Crippen LogP contribution in [0.1, 0.15) is 73.9 Å². The van der Waals surface area contributed by atoms with Gasteiger partial charge in [0, 0.05) is 17.4 Å². The molecule has 0 atom stereocenters. The molecule has 0 aliphatic carbocycles. The van der Waals surface area contributed by atoms with E-state index in [0.717, 1.165) is 12.0 Å². The highest BCUT2D eigenvalue weighted by Gasteiger charge is 2.57. The summed E-state index contributed by atoms with van der Waals surface area (Å²) in [7, 11) is 0. The Balaban J connectivity index is 2.41. The first kappa shape index (κ1) is 21.7. The summed E-state index contributed by atoms with van der Waals surface area (Å²) in [6.07, 6.45) is 0.211. The van der Waals surface area contributed by atoms with Crippen LogP contribution in [0, 0.1) is 0 Å². The predicted molar refractivity (Wildman–Crippen MR) is 111 cm³/mol. The van der Waals surface area contributed by atoms with E-state index in [1.54, 1.807) is 33.8 Å². The largest absolute Gasteiger partial charge is 0.462 e. The first-order chi connectivity index (χ1) is 14.2. The highest BCUT2D eigenvalue weighted by molar-refractivity contribution is 6.15. The first-order valence-electron chi connectivity index (χ1n) is 10.3. The zero-order valence-electron chi connectivity index (χ0n) is 18.0. The summed E-state index contributed by atoms with van der Waals surface area (Å²) in [4.78, 5) is 51.8. The summed E-state index contributed by atoms with van der Waals surface area (Å²) in [5, 5.41) is 0.536. The van der Waals surface area contributed by atoms with Gasteiger partial charge in [-0.05, 0) is 58.2 Å². The topological polar surface area (TPSA) is 91.7 Å². The number of esters is 2. The maximum Gasteiger partial charge on any atom is 0.329 e. The first-order valence-corrected chi connectivity index (χ1v) is 10.3. The molecule has 0 radical (unpaired) electrons. The number of hydrogen-bond acceptors (Lipinski definition) is 6. The van der Waals surface area contributed by atoms with Gasteiger partial charge in [-0.1, -0.05) is 13.0 Å². The summed E-state index contributed by atoms with van der Waals surface area (Å²) < 4.78 is 12.2. The maximum absolute atomic E-state index is 13.3. The number of hydrogen-bond donors (Lipinski definition) is 0. The molecule has 0 N–H and O–H groups in total. The fraction of sp³-hybridized carbons (Fsp3) is 0.478. The number of carbonyl (C=O) groups is 4. The number of rotatable bonds is 6. The molecule has 0 saturated carbocycles. The van der Waals surface area contributed by atoms with Crippen molar-refractivity contribution in [1.29, 1.82) is 0 Å². The smallest absolute Gasteiger partial charge is 0.329 e. The molecular formula is C23H27NO6. The van der Waals surface area contributed by atoms with E-state index in [4.69, 9.17) is 9.47 Å². The average molecular weight is 413 g/mol. The summed E-state index contributed by atoms with van der Waals surface area (Å²) >= 11 is 0. The number of ether oxygens (including phenoxy) is 2. The van der Waals surface area contributed by atoms with E-state index in [1.807, 2.05) is 19.1 Å². The molecule has 7 heteroatoms. The molecule has 1 aliphatic heterocycles. The fourth-order valence-electron chi connectivity index (χ4n) is 4.02. The van der Waals surface area contributed by atoms with Crippen molar-refractivity contribution in [2.24, 2.45) is 0 Å². The van der Waals surface area contributed by atoms with Gasteiger partial charge in [-0.2, -0.15) is 0 Å². The minimum absolute atomic E-state index is 0.0494. The highest BCUT2D eigenvalue weighted by atomic mass is 16.6. The van der Waals surface area contributed by atoms with Gasteiger partial charge < -0.3 is 9.47 Å². The molecule has 1 aliphatic rings. The monoisotopic (exact) mass is 413 g/mol. The van der Waals surface area contributed by atoms with Gasteiger partial charge in [-0.3, -0.25) is 23.7 Å². The molecule has 160 valence electrons. The molecule has 30 heavy (non-hydrogen) atoms. The molecule has 2 heterocycles. The summed E-state index contributed by atoms with van der Waals surface area (Å²) in [6, 6.07) is 5.44. The van der Waals surface area contributed by atoms with Crippen LogP contribution in [0.15, 0.2) is 18.2 Å². The van der Waals surface area contributed by atoms with Crippen molar-refractivity contribution in [2.75, 3.05) is 0 Å². The lowest BCUT2D eigenvalue weighted by Gasteiger charge is -2.35. The molecule has 2 aromatic rings. The highest BCUT2D eigenvalue weighted by Crippen LogP contribution is 2.43. The van der Waals surface area contributed by atoms with Crippen molar-refractivity contribution in [3.05, 3.63) is 35.0 Å². The Morgan fingerprint density at radius 1 is 1.13 bits per heavy atom. The third kappa shape index (κ3) is 3.32. The summed E-state index contributed by atoms with van der Waals surface area (Å²) in [5.41, 5.74) is -0.221. The van der Waals surface area contributed by atoms with E-state index < -0.39 is 29.6 Å². The lowest BCUT2D eigenvalue weighted by atomic mass is 9.75. The van der Waals surface area contributed by atoms with Gasteiger partial charge in [0.15, 0.2) is 6.29 Å². The van der Waals surface area contributed by atoms with Crippen molar-refractivity contribution in [3.8, 4) is 0 Å². The zero-order chi connectivity index (χ0) is 22.2. The molecule has 1 aromatic carbocycles. The van der Waals surface area contributed by atoms with Crippen molar-refractivity contribution in [1.82, 2.24) is 4.57 Å². The van der Waals surface area contributed by atoms with Crippen molar-refractivity contribution < 1.29 is 28.7 Å². The van der Waals surface area contributed by atoms with Crippen LogP contribution in [0.5, 0.6) is 0 Å². The lowest BCUT2D eigenvalue weighted by molar-refractivity contribution is -0.170. The van der Waals surface area contributed by atoms with Crippen molar-refractivity contribution >= 4 is 35.0 Å². The van der Waals surface area contributed by atoms with E-state index >= 15 is 0 Å². The molecule has 0 unspecified atom stereocenters. The Hall–Kier alpha value is -2.96. The van der Waals surface area contributed by atoms with Crippen molar-refractivity contribution in [3.63, 3.8) is 0 Å². The number of nitrogens with zero attached hydrogens (tertiary/aromatic N) is 1. The normalized spacial score (nSPS) is 15.4. The van der Waals surface area contributed by atoms with E-state index in [9.17, 15) is 19.2 Å². The van der Waals surface area contributed by atoms with E-state index in [1.165, 1.54) is 4.57 Å². The molecule has 0 fully saturated rings. The van der Waals surface area contributed by atoms with Gasteiger partial charge in [0.25, 0.3) is 0 Å². The van der Waals surface area contributed by atoms with Crippen LogP contribution in [0.2, 0.25) is 0 Å². The van der Waals surface area contributed by atoms with Crippen LogP contribution < -0.4 is 0 Å². The molecule has 0 saturated heterocycles. The van der Waals surface area contributed by atoms with Gasteiger partial charge in [-0.25, -0.2) is 0 Å². The van der Waals surface area contributed by atoms with Crippen LogP contribution in [0.3, 0.4) is 0 Å². The Morgan fingerprint density at radius 3 is 2.23 bits per heavy atom. The number of benzene rings is 1. The van der Waals surface area contributed by atoms with Crippen LogP contribution in [-0.2, 0) is 30.9 Å². The van der Waals surface area contributed by atoms with E-state index in [2.05, 4.69) is 0 Å². The second-order valence-corrected chi connectivity index (χ2v) is 8.13. The number of aldehydes is 1. The second-order valence-electron chi connectivity index (χ2n) is 8.13. The average Bonchev–Trinajstić information content (AvgIpc) is 3.01. The minimum Gasteiger partial charge on any atom is -0.462 e. The van der Waals surface area contributed by atoms with Gasteiger partial charge in [0.2, 0.25) is 11.3 Å². The molecule has 0 bridgehead atoms. The standard InChI is InChI=1S/C23H27NO6/c1-6-15-7-8-18-16(11-15)17(12-25)20-23(21(27)29-13(2)3,22(28)30-14(4)5)10-9-19(26)24(18)20/h7-8,11-14H,6,9-10H2,1-5H3. The molecule has 7 nitrogen and oxygen atoms in total. The fourth-order valence-corrected chi connectivity index (χ4v) is 4.02. The van der Waals surface area contributed by atoms with Crippen molar-refractivity contribution in [2.45, 2.75) is 71.5 Å². The Bertz CT molecular complexity index is 1010. The van der Waals surface area contributed by atoms with Gasteiger partial charge >= 0.3 is 11.9 Å². The van der Waals surface area contributed by atoms with Crippen LogP contribution in [0.25, 0.3) is 10.9 Å². The van der Waals surface area contributed by atoms with Gasteiger partial charge in [0.05, 0.1) is 23.4 Å². The Kier molecular flexibility index (Phi) is 5.83. The molecule has 0 spiro atoms. The van der Waals surface area contributed by atoms with Crippen LogP contribution >= 0.6 is 0 Å². The SMILES string of the molecule is CCc1ccc2c(c1)c(C=O)c1n2C(=O)CCC1(C(=O)OC(C)C)C(=O)OC(C)C. The number of aryl methyl sites for hydroxylation is 1. The summed E-state index contributed by atoms with van der Waals surface area (Å²) in [6.45, 7) is 8.69. The molecule has 1 aromatic heterocycles. The van der Waals surface area contributed by atoms with Crippen LogP contribution in [-0.4, -0.2) is 40.9 Å². The third-order valence-electron chi connectivity index (χ3n) is 5.35. The maximum atomic E-state index is 13.3. The Labute approximate surface area is 175 Å². The zero-order valence-corrected chi connectivity index (χ0v) is 18.0. The predicted octanol–water partition coefficient (Wildman–Crippen LogP) is 3.59. The van der Waals surface area contributed by atoms with Crippen LogP contribution in [0.4, 0.5) is 0 Å². The quantitative estimate of drug-likeness (QED) is 0.408. The lowest BCUT2D eigenvalue weighted by Crippen LogP contribution is -2.52. The molecular weight excluding hydrogens is 386 g/mol. The molecule has 0 amide bonds. The van der Waals surface area contributed by atoms with Gasteiger partial charge in [-0.15, -0.1) is 0 Å². The number of carbonyl (C=O) groups excluding carboxylic acids is 4. The van der Waals surface area contributed by atoms with Gasteiger partial charge in [0.1, 0.15) is 0 Å². The number of fused-ring (bicyclic) bond motifs is 3. The number of aromatic nitrogens is 1. The molecule has 3 rings (SSSR count). The Morgan fingerprint density at radius 2 is 1.73 bits per heavy atom. The second kappa shape index (κ2) is 8.05. The summed E-state index contributed by atoms with van der Waals surface area (Å²) in [5.74, 6) is -1.89. The third-order valence-corrected chi connectivity index (χ3v) is 5.35. The minimum atomic E-state index is -1.88. The van der Waals surface area contributed by atoms with E-state index in [0.29, 0.717) is 17.2 Å².